The highest BCUT2D eigenvalue weighted by molar-refractivity contribution is 6.35. The number of Topliss-reactive ketones (excluding diaryl/α,β-unsaturated/α-hetero) is 1. The Hall–Kier alpha value is -2.44. The number of benzene rings is 1. The number of amides is 1. The van der Waals surface area contributed by atoms with Gasteiger partial charge >= 0.3 is 0 Å². The normalized spacial score (nSPS) is 11.3. The van der Waals surface area contributed by atoms with Crippen LogP contribution in [0.4, 0.5) is 0 Å². The number of hydrogen-bond acceptors (Lipinski definition) is 4. The summed E-state index contributed by atoms with van der Waals surface area (Å²) in [6, 6.07) is 4.96. The highest BCUT2D eigenvalue weighted by atomic mass is 35.5. The maximum atomic E-state index is 12.2. The van der Waals surface area contributed by atoms with Crippen molar-refractivity contribution in [1.82, 2.24) is 14.6 Å². The predicted octanol–water partition coefficient (Wildman–Crippen LogP) is 4.13. The van der Waals surface area contributed by atoms with E-state index in [2.05, 4.69) is 10.1 Å². The first-order chi connectivity index (χ1) is 12.2. The summed E-state index contributed by atoms with van der Waals surface area (Å²) in [6.07, 6.45) is 1.39. The van der Waals surface area contributed by atoms with Crippen LogP contribution in [0.3, 0.4) is 0 Å². The van der Waals surface area contributed by atoms with Crippen molar-refractivity contribution in [3.8, 4) is 11.3 Å². The minimum absolute atomic E-state index is 0.0546. The van der Waals surface area contributed by atoms with Gasteiger partial charge < -0.3 is 5.73 Å². The first kappa shape index (κ1) is 18.4. The van der Waals surface area contributed by atoms with Gasteiger partial charge in [0.15, 0.2) is 11.4 Å². The number of ketones is 1. The molecule has 8 heteroatoms. The molecular weight excluding hydrogens is 375 g/mol. The molecule has 0 saturated heterocycles. The van der Waals surface area contributed by atoms with Crippen LogP contribution in [0.5, 0.6) is 0 Å². The van der Waals surface area contributed by atoms with Crippen molar-refractivity contribution < 1.29 is 9.59 Å². The van der Waals surface area contributed by atoms with E-state index in [1.165, 1.54) is 17.6 Å². The second-order valence-corrected chi connectivity index (χ2v) is 7.12. The van der Waals surface area contributed by atoms with E-state index < -0.39 is 5.91 Å². The summed E-state index contributed by atoms with van der Waals surface area (Å²) < 4.78 is 1.53. The SMILES string of the molecule is CC(=O)c1nc2c(C(C)C)c(C(N)=O)cnn2c1-c1cc(Cl)cc(Cl)c1. The minimum atomic E-state index is -0.594. The molecule has 3 rings (SSSR count). The number of carbonyl (C=O) groups is 2. The van der Waals surface area contributed by atoms with Crippen LogP contribution in [0.15, 0.2) is 24.4 Å². The third-order valence-corrected chi connectivity index (χ3v) is 4.44. The zero-order chi connectivity index (χ0) is 19.2. The average Bonchev–Trinajstić information content (AvgIpc) is 2.92. The molecule has 2 heterocycles. The molecule has 2 N–H and O–H groups in total. The van der Waals surface area contributed by atoms with Crippen LogP contribution in [0.25, 0.3) is 16.9 Å². The molecule has 0 atom stereocenters. The van der Waals surface area contributed by atoms with Crippen LogP contribution >= 0.6 is 23.2 Å². The van der Waals surface area contributed by atoms with Gasteiger partial charge in [-0.1, -0.05) is 37.0 Å². The van der Waals surface area contributed by atoms with Gasteiger partial charge in [0.1, 0.15) is 11.4 Å². The second kappa shape index (κ2) is 6.70. The van der Waals surface area contributed by atoms with Crippen LogP contribution in [-0.2, 0) is 0 Å². The molecule has 2 aromatic heterocycles. The Morgan fingerprint density at radius 2 is 1.77 bits per heavy atom. The van der Waals surface area contributed by atoms with Crippen LogP contribution in [0.1, 0.15) is 53.1 Å². The fourth-order valence-corrected chi connectivity index (χ4v) is 3.49. The van der Waals surface area contributed by atoms with Crippen molar-refractivity contribution >= 4 is 40.5 Å². The Kier molecular flexibility index (Phi) is 4.73. The number of fused-ring (bicyclic) bond motifs is 1. The molecule has 0 radical (unpaired) electrons. The number of imidazole rings is 1. The molecule has 1 amide bonds. The first-order valence-corrected chi connectivity index (χ1v) is 8.65. The predicted molar refractivity (Wildman–Crippen MR) is 101 cm³/mol. The van der Waals surface area contributed by atoms with E-state index in [1.807, 2.05) is 13.8 Å². The number of nitrogens with two attached hydrogens (primary N) is 1. The van der Waals surface area contributed by atoms with Crippen LogP contribution in [0.2, 0.25) is 10.0 Å². The highest BCUT2D eigenvalue weighted by Gasteiger charge is 2.25. The molecule has 0 fully saturated rings. The number of nitrogens with zero attached hydrogens (tertiary/aromatic N) is 3. The monoisotopic (exact) mass is 390 g/mol. The Morgan fingerprint density at radius 1 is 1.15 bits per heavy atom. The molecule has 6 nitrogen and oxygen atoms in total. The zero-order valence-electron chi connectivity index (χ0n) is 14.4. The zero-order valence-corrected chi connectivity index (χ0v) is 15.9. The fraction of sp³-hybridized carbons (Fsp3) is 0.222. The number of rotatable bonds is 4. The van der Waals surface area contributed by atoms with Crippen molar-refractivity contribution in [2.75, 3.05) is 0 Å². The molecular formula is C18H16Cl2N4O2. The van der Waals surface area contributed by atoms with E-state index >= 15 is 0 Å². The molecule has 134 valence electrons. The van der Waals surface area contributed by atoms with Gasteiger partial charge in [0, 0.05) is 28.1 Å². The third kappa shape index (κ3) is 3.06. The maximum absolute atomic E-state index is 12.2. The lowest BCUT2D eigenvalue weighted by Gasteiger charge is -2.12. The van der Waals surface area contributed by atoms with Crippen LogP contribution in [-0.4, -0.2) is 26.3 Å². The standard InChI is InChI=1S/C18H16Cl2N4O2/c1-8(2)14-13(17(21)26)7-22-24-16(15(9(3)25)23-18(14)24)10-4-11(19)6-12(20)5-10/h4-8H,1-3H3,(H2,21,26). The largest absolute Gasteiger partial charge is 0.366 e. The maximum Gasteiger partial charge on any atom is 0.250 e. The van der Waals surface area contributed by atoms with Gasteiger partial charge in [-0.25, -0.2) is 9.50 Å². The lowest BCUT2D eigenvalue weighted by molar-refractivity contribution is 0.0994. The summed E-state index contributed by atoms with van der Waals surface area (Å²) in [5.41, 5.74) is 8.10. The van der Waals surface area contributed by atoms with Crippen molar-refractivity contribution in [3.05, 3.63) is 51.3 Å². The lowest BCUT2D eigenvalue weighted by Crippen LogP contribution is -2.17. The van der Waals surface area contributed by atoms with Crippen LogP contribution < -0.4 is 5.73 Å². The number of carbonyl (C=O) groups excluding carboxylic acids is 2. The number of halogens is 2. The molecule has 0 bridgehead atoms. The molecule has 1 aromatic carbocycles. The molecule has 26 heavy (non-hydrogen) atoms. The average molecular weight is 391 g/mol. The van der Waals surface area contributed by atoms with Gasteiger partial charge in [-0.3, -0.25) is 9.59 Å². The number of primary amides is 1. The van der Waals surface area contributed by atoms with Crippen molar-refractivity contribution in [2.24, 2.45) is 5.73 Å². The van der Waals surface area contributed by atoms with E-state index in [9.17, 15) is 9.59 Å². The van der Waals surface area contributed by atoms with Crippen molar-refractivity contribution in [2.45, 2.75) is 26.7 Å². The van der Waals surface area contributed by atoms with Crippen molar-refractivity contribution in [3.63, 3.8) is 0 Å². The molecule has 3 aromatic rings. The summed E-state index contributed by atoms with van der Waals surface area (Å²) in [6.45, 7) is 5.25. The van der Waals surface area contributed by atoms with Gasteiger partial charge in [0.2, 0.25) is 0 Å². The van der Waals surface area contributed by atoms with E-state index in [1.54, 1.807) is 18.2 Å². The quantitative estimate of drug-likeness (QED) is 0.677. The van der Waals surface area contributed by atoms with Gasteiger partial charge in [0.05, 0.1) is 11.8 Å². The Balaban J connectivity index is 2.46. The Morgan fingerprint density at radius 3 is 2.27 bits per heavy atom. The Labute approximate surface area is 159 Å². The van der Waals surface area contributed by atoms with Crippen LogP contribution in [0, 0.1) is 0 Å². The Bertz CT molecular complexity index is 1040. The summed E-state index contributed by atoms with van der Waals surface area (Å²) in [7, 11) is 0. The molecule has 0 aliphatic carbocycles. The lowest BCUT2D eigenvalue weighted by atomic mass is 9.99. The molecule has 0 saturated carbocycles. The van der Waals surface area contributed by atoms with E-state index in [4.69, 9.17) is 28.9 Å². The summed E-state index contributed by atoms with van der Waals surface area (Å²) in [5, 5.41) is 5.15. The third-order valence-electron chi connectivity index (χ3n) is 4.00. The van der Waals surface area contributed by atoms with E-state index in [0.29, 0.717) is 32.5 Å². The summed E-state index contributed by atoms with van der Waals surface area (Å²) in [4.78, 5) is 28.5. The van der Waals surface area contributed by atoms with Crippen molar-refractivity contribution in [1.29, 1.82) is 0 Å². The second-order valence-electron chi connectivity index (χ2n) is 6.25. The summed E-state index contributed by atoms with van der Waals surface area (Å²) in [5.74, 6) is -0.888. The first-order valence-electron chi connectivity index (χ1n) is 7.89. The number of hydrogen-bond donors (Lipinski definition) is 1. The minimum Gasteiger partial charge on any atom is -0.366 e. The molecule has 0 spiro atoms. The fourth-order valence-electron chi connectivity index (χ4n) is 2.97. The van der Waals surface area contributed by atoms with Gasteiger partial charge in [0.25, 0.3) is 5.91 Å². The number of aromatic nitrogens is 3. The van der Waals surface area contributed by atoms with Gasteiger partial charge in [-0.15, -0.1) is 0 Å². The summed E-state index contributed by atoms with van der Waals surface area (Å²) >= 11 is 12.2. The van der Waals surface area contributed by atoms with E-state index in [-0.39, 0.29) is 23.0 Å². The molecule has 0 unspecified atom stereocenters. The van der Waals surface area contributed by atoms with Gasteiger partial charge in [-0.05, 0) is 24.1 Å². The smallest absolute Gasteiger partial charge is 0.250 e. The topological polar surface area (TPSA) is 90.4 Å². The van der Waals surface area contributed by atoms with E-state index in [0.717, 1.165) is 0 Å². The van der Waals surface area contributed by atoms with Gasteiger partial charge in [-0.2, -0.15) is 5.10 Å². The molecule has 0 aliphatic rings. The highest BCUT2D eigenvalue weighted by Crippen LogP contribution is 2.33. The molecule has 0 aliphatic heterocycles.